The summed E-state index contributed by atoms with van der Waals surface area (Å²) in [7, 11) is 1.32. The molecule has 6 rings (SSSR count). The average molecular weight is 787 g/mol. The Morgan fingerprint density at radius 3 is 2.05 bits per heavy atom. The molecule has 1 aromatic heterocycles. The molecule has 0 aliphatic carbocycles. The number of carbonyl (C=O) groups is 1. The van der Waals surface area contributed by atoms with E-state index in [1.807, 2.05) is 0 Å². The van der Waals surface area contributed by atoms with E-state index in [9.17, 15) is 60.7 Å². The monoisotopic (exact) mass is 786 g/mol. The number of rotatable bonds is 11. The van der Waals surface area contributed by atoms with Crippen molar-refractivity contribution in [2.45, 2.75) is 61.4 Å². The summed E-state index contributed by atoms with van der Waals surface area (Å²) < 4.78 is 39.7. The molecule has 56 heavy (non-hydrogen) atoms. The summed E-state index contributed by atoms with van der Waals surface area (Å²) >= 11 is 0. The maximum absolute atomic E-state index is 14.0. The van der Waals surface area contributed by atoms with Gasteiger partial charge in [0.05, 0.1) is 20.3 Å². The SMILES string of the molecule is COc1cc(C=CC(=O)O[C@H]2[C@H](O[C@H]3[C@H](Oc4c(-c5ccc(O)cc5)oc5cc(O)cc(O)c5c4=O)O[C@H](CO)[C@@H](O)[C@@H]3O)O[C@H](CO)[C@@H](O)[C@@H]2O)ccc1O. The van der Waals surface area contributed by atoms with E-state index in [-0.39, 0.29) is 34.2 Å². The first-order valence-electron chi connectivity index (χ1n) is 16.9. The van der Waals surface area contributed by atoms with Crippen molar-refractivity contribution in [1.29, 1.82) is 0 Å². The Kier molecular flexibility index (Phi) is 12.0. The molecular weight excluding hydrogens is 748 g/mol. The largest absolute Gasteiger partial charge is 0.508 e. The van der Waals surface area contributed by atoms with Gasteiger partial charge >= 0.3 is 5.97 Å². The van der Waals surface area contributed by atoms with Gasteiger partial charge in [-0.15, -0.1) is 0 Å². The number of phenolic OH excluding ortho intramolecular Hbond substituents is 4. The predicted octanol–water partition coefficient (Wildman–Crippen LogP) is -0.442. The van der Waals surface area contributed by atoms with Gasteiger partial charge in [-0.2, -0.15) is 0 Å². The van der Waals surface area contributed by atoms with Gasteiger partial charge in [-0.1, -0.05) is 6.07 Å². The molecule has 19 heteroatoms. The highest BCUT2D eigenvalue weighted by atomic mass is 16.8. The van der Waals surface area contributed by atoms with Crippen LogP contribution in [0.4, 0.5) is 0 Å². The predicted molar refractivity (Wildman–Crippen MR) is 188 cm³/mol. The van der Waals surface area contributed by atoms with Crippen LogP contribution in [0, 0.1) is 0 Å². The molecule has 0 unspecified atom stereocenters. The Morgan fingerprint density at radius 2 is 1.41 bits per heavy atom. The smallest absolute Gasteiger partial charge is 0.331 e. The van der Waals surface area contributed by atoms with Gasteiger partial charge in [-0.25, -0.2) is 4.79 Å². The van der Waals surface area contributed by atoms with E-state index < -0.39 is 109 Å². The van der Waals surface area contributed by atoms with Gasteiger partial charge < -0.3 is 83.9 Å². The zero-order valence-electron chi connectivity index (χ0n) is 29.2. The lowest BCUT2D eigenvalue weighted by Gasteiger charge is -2.46. The second-order valence-corrected chi connectivity index (χ2v) is 12.8. The number of esters is 1. The van der Waals surface area contributed by atoms with Crippen LogP contribution in [0.2, 0.25) is 0 Å². The van der Waals surface area contributed by atoms with E-state index in [4.69, 9.17) is 32.8 Å². The molecule has 3 heterocycles. The quantitative estimate of drug-likeness (QED) is 0.0680. The molecule has 2 saturated heterocycles. The molecule has 0 radical (unpaired) electrons. The van der Waals surface area contributed by atoms with Crippen molar-refractivity contribution in [3.8, 4) is 45.8 Å². The highest BCUT2D eigenvalue weighted by Gasteiger charge is 2.53. The fourth-order valence-corrected chi connectivity index (χ4v) is 6.17. The highest BCUT2D eigenvalue weighted by Crippen LogP contribution is 2.39. The molecule has 0 bridgehead atoms. The Bertz CT molecular complexity index is 2120. The zero-order valence-corrected chi connectivity index (χ0v) is 29.2. The number of aliphatic hydroxyl groups is 6. The molecule has 0 amide bonds. The summed E-state index contributed by atoms with van der Waals surface area (Å²) in [6.07, 6.45) is -16.4. The van der Waals surface area contributed by atoms with Gasteiger partial charge in [0.2, 0.25) is 17.5 Å². The summed E-state index contributed by atoms with van der Waals surface area (Å²) in [5.41, 5.74) is -0.815. The summed E-state index contributed by atoms with van der Waals surface area (Å²) in [6.45, 7) is -1.77. The van der Waals surface area contributed by atoms with Gasteiger partial charge in [-0.05, 0) is 48.0 Å². The van der Waals surface area contributed by atoms with Crippen LogP contribution in [-0.2, 0) is 23.7 Å². The van der Waals surface area contributed by atoms with Crippen LogP contribution >= 0.6 is 0 Å². The molecule has 0 saturated carbocycles. The standard InChI is InChI=1S/C37H38O19/c1-50-21-10-15(2-8-19(21)42)3-9-25(44)54-34-30(48)27(45)23(13-38)52-36(34)56-35-31(49)28(46)24(14-39)53-37(35)55-33-29(47)26-20(43)11-18(41)12-22(26)51-32(33)16-4-6-17(40)7-5-16/h2-12,23-24,27-28,30-31,34-43,45-46,48-49H,13-14H2,1H3/t23-,24-,27-,28-,30+,31+,34-,35-,36+,37+/m1/s1. The minimum absolute atomic E-state index is 0.103. The number of carbonyl (C=O) groups excluding carboxylic acids is 1. The topological polar surface area (TPSA) is 305 Å². The molecule has 10 N–H and O–H groups in total. The number of hydrogen-bond acceptors (Lipinski definition) is 19. The zero-order chi connectivity index (χ0) is 40.4. The van der Waals surface area contributed by atoms with Gasteiger partial charge in [0.1, 0.15) is 64.8 Å². The van der Waals surface area contributed by atoms with Crippen molar-refractivity contribution >= 4 is 23.0 Å². The van der Waals surface area contributed by atoms with Crippen LogP contribution in [0.25, 0.3) is 28.4 Å². The van der Waals surface area contributed by atoms with Gasteiger partial charge in [0.25, 0.3) is 0 Å². The molecule has 300 valence electrons. The number of ether oxygens (including phenoxy) is 6. The van der Waals surface area contributed by atoms with Crippen LogP contribution in [0.15, 0.2) is 69.9 Å². The Labute approximate surface area is 315 Å². The second-order valence-electron chi connectivity index (χ2n) is 12.8. The third kappa shape index (κ3) is 8.07. The molecule has 2 fully saturated rings. The van der Waals surface area contributed by atoms with Crippen LogP contribution in [0.5, 0.6) is 34.5 Å². The minimum Gasteiger partial charge on any atom is -0.508 e. The first-order valence-corrected chi connectivity index (χ1v) is 16.9. The summed E-state index contributed by atoms with van der Waals surface area (Å²) in [4.78, 5) is 27.0. The van der Waals surface area contributed by atoms with Crippen molar-refractivity contribution in [3.63, 3.8) is 0 Å². The van der Waals surface area contributed by atoms with Gasteiger partial charge in [-0.3, -0.25) is 4.79 Å². The third-order valence-corrected chi connectivity index (χ3v) is 9.09. The first kappa shape index (κ1) is 40.2. The van der Waals surface area contributed by atoms with Gasteiger partial charge in [0.15, 0.2) is 35.8 Å². The van der Waals surface area contributed by atoms with Crippen LogP contribution in [-0.4, -0.2) is 139 Å². The van der Waals surface area contributed by atoms with E-state index in [1.165, 1.54) is 55.7 Å². The number of hydrogen-bond donors (Lipinski definition) is 10. The summed E-state index contributed by atoms with van der Waals surface area (Å²) in [5.74, 6) is -3.52. The Hall–Kier alpha value is -5.48. The van der Waals surface area contributed by atoms with Crippen molar-refractivity contribution in [2.75, 3.05) is 20.3 Å². The van der Waals surface area contributed by atoms with E-state index >= 15 is 0 Å². The normalized spacial score (nSPS) is 28.0. The minimum atomic E-state index is -2.04. The molecule has 2 aliphatic rings. The molecule has 3 aromatic carbocycles. The number of methoxy groups -OCH3 is 1. The van der Waals surface area contributed by atoms with E-state index in [0.29, 0.717) is 5.56 Å². The Morgan fingerprint density at radius 1 is 0.768 bits per heavy atom. The molecule has 19 nitrogen and oxygen atoms in total. The molecule has 2 aliphatic heterocycles. The lowest BCUT2D eigenvalue weighted by Crippen LogP contribution is -2.65. The number of aliphatic hydroxyl groups excluding tert-OH is 6. The maximum Gasteiger partial charge on any atom is 0.331 e. The molecular formula is C37H38O19. The van der Waals surface area contributed by atoms with Gasteiger partial charge in [0, 0.05) is 23.8 Å². The highest BCUT2D eigenvalue weighted by molar-refractivity contribution is 5.88. The lowest BCUT2D eigenvalue weighted by atomic mass is 9.97. The van der Waals surface area contributed by atoms with E-state index in [0.717, 1.165) is 18.2 Å². The fourth-order valence-electron chi connectivity index (χ4n) is 6.17. The number of phenols is 4. The number of fused-ring (bicyclic) bond motifs is 1. The van der Waals surface area contributed by atoms with E-state index in [1.54, 1.807) is 0 Å². The molecule has 10 atom stereocenters. The van der Waals surface area contributed by atoms with Crippen LogP contribution < -0.4 is 14.9 Å². The molecule has 0 spiro atoms. The van der Waals surface area contributed by atoms with Crippen LogP contribution in [0.3, 0.4) is 0 Å². The third-order valence-electron chi connectivity index (χ3n) is 9.09. The van der Waals surface area contributed by atoms with Crippen molar-refractivity contribution in [1.82, 2.24) is 0 Å². The van der Waals surface area contributed by atoms with Crippen molar-refractivity contribution in [2.24, 2.45) is 0 Å². The Balaban J connectivity index is 1.37. The maximum atomic E-state index is 14.0. The van der Waals surface area contributed by atoms with E-state index in [2.05, 4.69) is 0 Å². The molecule has 4 aromatic rings. The number of benzene rings is 3. The van der Waals surface area contributed by atoms with Crippen LogP contribution in [0.1, 0.15) is 5.56 Å². The summed E-state index contributed by atoms with van der Waals surface area (Å²) in [6, 6.07) is 11.3. The van der Waals surface area contributed by atoms with Crippen molar-refractivity contribution in [3.05, 3.63) is 76.5 Å². The lowest BCUT2D eigenvalue weighted by molar-refractivity contribution is -0.358. The first-order chi connectivity index (χ1) is 26.7. The number of aromatic hydroxyl groups is 4. The second kappa shape index (κ2) is 16.7. The summed E-state index contributed by atoms with van der Waals surface area (Å²) in [5, 5.41) is 104. The fraction of sp³-hybridized carbons (Fsp3) is 0.351. The van der Waals surface area contributed by atoms with Crippen molar-refractivity contribution < 1.29 is 88.7 Å². The average Bonchev–Trinajstić information content (AvgIpc) is 3.17.